The van der Waals surface area contributed by atoms with Crippen molar-refractivity contribution in [2.24, 2.45) is 0 Å². The molecule has 1 atom stereocenters. The highest BCUT2D eigenvalue weighted by atomic mass is 28.4. The summed E-state index contributed by atoms with van der Waals surface area (Å²) in [7, 11) is -1.87. The molecule has 0 saturated heterocycles. The van der Waals surface area contributed by atoms with Crippen molar-refractivity contribution in [1.82, 2.24) is 9.55 Å². The number of carbonyl (C=O) groups is 1. The number of nitrogens with zero attached hydrogens (tertiary/aromatic N) is 3. The van der Waals surface area contributed by atoms with Crippen LogP contribution in [0.4, 0.5) is 5.69 Å². The molecule has 2 aliphatic rings. The molecule has 1 saturated carbocycles. The molecule has 1 aliphatic heterocycles. The molecule has 4 rings (SSSR count). The van der Waals surface area contributed by atoms with Crippen molar-refractivity contribution in [2.45, 2.75) is 90.1 Å². The minimum atomic E-state index is -1.87. The average Bonchev–Trinajstić information content (AvgIpc) is 3.29. The van der Waals surface area contributed by atoms with Crippen LogP contribution in [0.2, 0.25) is 18.1 Å². The Balaban J connectivity index is 1.62. The van der Waals surface area contributed by atoms with Gasteiger partial charge in [-0.2, -0.15) is 0 Å². The Morgan fingerprint density at radius 2 is 1.90 bits per heavy atom. The van der Waals surface area contributed by atoms with E-state index < -0.39 is 13.7 Å². The summed E-state index contributed by atoms with van der Waals surface area (Å²) in [6, 6.07) is 6.71. The summed E-state index contributed by atoms with van der Waals surface area (Å²) in [5.74, 6) is 0.222. The molecule has 1 aliphatic carbocycles. The fourth-order valence-corrected chi connectivity index (χ4v) is 5.36. The fourth-order valence-electron chi connectivity index (χ4n) is 4.00. The van der Waals surface area contributed by atoms with Crippen LogP contribution in [0.15, 0.2) is 30.7 Å². The maximum absolute atomic E-state index is 13.0. The lowest BCUT2D eigenvalue weighted by molar-refractivity contribution is -0.122. The Morgan fingerprint density at radius 1 is 1.23 bits per heavy atom. The topological polar surface area (TPSA) is 47.4 Å². The van der Waals surface area contributed by atoms with Crippen LogP contribution in [0.3, 0.4) is 0 Å². The van der Waals surface area contributed by atoms with Gasteiger partial charge in [-0.1, -0.05) is 26.8 Å². The summed E-state index contributed by atoms with van der Waals surface area (Å²) in [5, 5.41) is 0.162. The number of amides is 1. The first-order chi connectivity index (χ1) is 13.8. The molecule has 6 heteroatoms. The molecule has 2 aromatic rings. The lowest BCUT2D eigenvalue weighted by atomic mass is 9.86. The number of rotatable bonds is 5. The van der Waals surface area contributed by atoms with Crippen molar-refractivity contribution in [1.29, 1.82) is 0 Å². The molecule has 1 aromatic carbocycles. The van der Waals surface area contributed by atoms with Crippen molar-refractivity contribution >= 4 is 19.9 Å². The van der Waals surface area contributed by atoms with Crippen LogP contribution in [-0.2, 0) is 14.6 Å². The predicted octanol–water partition coefficient (Wildman–Crippen LogP) is 5.74. The molecule has 0 bridgehead atoms. The van der Waals surface area contributed by atoms with Crippen molar-refractivity contribution in [3.63, 3.8) is 0 Å². The van der Waals surface area contributed by atoms with E-state index in [0.29, 0.717) is 6.04 Å². The van der Waals surface area contributed by atoms with Gasteiger partial charge in [0.25, 0.3) is 0 Å². The maximum Gasteiger partial charge on any atom is 0.237 e. The zero-order valence-electron chi connectivity index (χ0n) is 19.6. The van der Waals surface area contributed by atoms with Crippen LogP contribution in [-0.4, -0.2) is 29.8 Å². The second kappa shape index (κ2) is 6.79. The Kier molecular flexibility index (Phi) is 4.82. The smallest absolute Gasteiger partial charge is 0.237 e. The highest BCUT2D eigenvalue weighted by Crippen LogP contribution is 2.47. The van der Waals surface area contributed by atoms with Crippen molar-refractivity contribution in [3.05, 3.63) is 42.0 Å². The first-order valence-corrected chi connectivity index (χ1v) is 13.9. The molecule has 5 nitrogen and oxygen atoms in total. The maximum atomic E-state index is 13.0. The summed E-state index contributed by atoms with van der Waals surface area (Å²) < 4.78 is 8.56. The van der Waals surface area contributed by atoms with Crippen LogP contribution < -0.4 is 4.90 Å². The van der Waals surface area contributed by atoms with Crippen molar-refractivity contribution < 1.29 is 9.22 Å². The zero-order valence-corrected chi connectivity index (χ0v) is 20.6. The van der Waals surface area contributed by atoms with Gasteiger partial charge in [-0.25, -0.2) is 4.98 Å². The molecule has 0 radical (unpaired) electrons. The number of fused-ring (bicyclic) bond motifs is 1. The standard InChI is InChI=1S/C24H35N3O2Si/c1-16(29-30(7,8)23(2,3)4)20-14-26(15-25-20)18-11-12-19-21(13-18)27(17-9-10-17)22(28)24(19,5)6/h11-17H,9-10H2,1-8H3. The molecule has 162 valence electrons. The van der Waals surface area contributed by atoms with Crippen molar-refractivity contribution in [3.8, 4) is 5.69 Å². The van der Waals surface area contributed by atoms with Gasteiger partial charge in [-0.15, -0.1) is 0 Å². The molecule has 1 amide bonds. The zero-order chi connectivity index (χ0) is 22.1. The highest BCUT2D eigenvalue weighted by Gasteiger charge is 2.49. The van der Waals surface area contributed by atoms with E-state index in [2.05, 4.69) is 70.2 Å². The molecule has 1 aromatic heterocycles. The number of hydrogen-bond acceptors (Lipinski definition) is 3. The quantitative estimate of drug-likeness (QED) is 0.574. The minimum Gasteiger partial charge on any atom is -0.409 e. The van der Waals surface area contributed by atoms with E-state index in [1.807, 2.05) is 29.6 Å². The molecule has 1 fully saturated rings. The molecular formula is C24H35N3O2Si. The first-order valence-electron chi connectivity index (χ1n) is 11.0. The first kappa shape index (κ1) is 21.3. The molecular weight excluding hydrogens is 390 g/mol. The molecule has 2 heterocycles. The lowest BCUT2D eigenvalue weighted by Crippen LogP contribution is -2.41. The minimum absolute atomic E-state index is 0.0509. The molecule has 1 unspecified atom stereocenters. The van der Waals surface area contributed by atoms with E-state index in [-0.39, 0.29) is 17.0 Å². The Hall–Kier alpha value is -1.92. The van der Waals surface area contributed by atoms with Gasteiger partial charge in [-0.3, -0.25) is 4.79 Å². The Morgan fingerprint density at radius 3 is 2.50 bits per heavy atom. The van der Waals surface area contributed by atoms with Crippen LogP contribution >= 0.6 is 0 Å². The van der Waals surface area contributed by atoms with Crippen molar-refractivity contribution in [2.75, 3.05) is 4.90 Å². The van der Waals surface area contributed by atoms with Gasteiger partial charge >= 0.3 is 0 Å². The summed E-state index contributed by atoms with van der Waals surface area (Å²) in [6.45, 7) is 17.5. The van der Waals surface area contributed by atoms with Crippen LogP contribution in [0.1, 0.15) is 71.7 Å². The fraction of sp³-hybridized carbons (Fsp3) is 0.583. The third-order valence-corrected chi connectivity index (χ3v) is 11.7. The van der Waals surface area contributed by atoms with Crippen LogP contribution in [0.5, 0.6) is 0 Å². The van der Waals surface area contributed by atoms with Gasteiger partial charge in [0.1, 0.15) is 0 Å². The van der Waals surface area contributed by atoms with Gasteiger partial charge < -0.3 is 13.9 Å². The summed E-state index contributed by atoms with van der Waals surface area (Å²) >= 11 is 0. The predicted molar refractivity (Wildman–Crippen MR) is 124 cm³/mol. The van der Waals surface area contributed by atoms with Gasteiger partial charge in [-0.05, 0) is 69.4 Å². The van der Waals surface area contributed by atoms with E-state index in [9.17, 15) is 4.79 Å². The normalized spacial score (nSPS) is 19.9. The summed E-state index contributed by atoms with van der Waals surface area (Å²) in [4.78, 5) is 19.7. The van der Waals surface area contributed by atoms with Crippen LogP contribution in [0.25, 0.3) is 5.69 Å². The Bertz CT molecular complexity index is 983. The number of hydrogen-bond donors (Lipinski definition) is 0. The average molecular weight is 426 g/mol. The molecule has 0 spiro atoms. The number of aromatic nitrogens is 2. The van der Waals surface area contributed by atoms with Gasteiger partial charge in [0, 0.05) is 17.9 Å². The summed E-state index contributed by atoms with van der Waals surface area (Å²) in [6.07, 6.45) is 6.06. The second-order valence-electron chi connectivity index (χ2n) is 11.0. The number of benzene rings is 1. The number of anilines is 1. The molecule has 30 heavy (non-hydrogen) atoms. The van der Waals surface area contributed by atoms with Gasteiger partial charge in [0.2, 0.25) is 5.91 Å². The highest BCUT2D eigenvalue weighted by molar-refractivity contribution is 6.74. The number of carbonyl (C=O) groups excluding carboxylic acids is 1. The van der Waals surface area contributed by atoms with Gasteiger partial charge in [0.05, 0.1) is 29.2 Å². The van der Waals surface area contributed by atoms with E-state index in [4.69, 9.17) is 4.43 Å². The largest absolute Gasteiger partial charge is 0.409 e. The lowest BCUT2D eigenvalue weighted by Gasteiger charge is -2.38. The van der Waals surface area contributed by atoms with E-state index in [1.54, 1.807) is 0 Å². The summed E-state index contributed by atoms with van der Waals surface area (Å²) in [5.41, 5.74) is 3.70. The van der Waals surface area contributed by atoms with E-state index in [1.165, 1.54) is 0 Å². The molecule has 0 N–H and O–H groups in total. The third kappa shape index (κ3) is 3.44. The SMILES string of the molecule is CC(O[Si](C)(C)C(C)(C)C)c1cn(-c2ccc3c(c2)N(C2CC2)C(=O)C3(C)C)cn1. The Labute approximate surface area is 181 Å². The van der Waals surface area contributed by atoms with Crippen LogP contribution in [0, 0.1) is 0 Å². The van der Waals surface area contributed by atoms with Gasteiger partial charge in [0.15, 0.2) is 8.32 Å². The number of imidazole rings is 1. The third-order valence-electron chi connectivity index (χ3n) is 7.17. The van der Waals surface area contributed by atoms with E-state index in [0.717, 1.165) is 35.5 Å². The monoisotopic (exact) mass is 425 g/mol. The van der Waals surface area contributed by atoms with E-state index >= 15 is 0 Å². The second-order valence-corrected chi connectivity index (χ2v) is 15.7.